The van der Waals surface area contributed by atoms with Gasteiger partial charge >= 0.3 is 0 Å². The second-order valence-electron chi connectivity index (χ2n) is 5.15. The number of H-pyrrole nitrogens is 2. The summed E-state index contributed by atoms with van der Waals surface area (Å²) in [5, 5.41) is 0. The van der Waals surface area contributed by atoms with Crippen molar-refractivity contribution in [1.82, 2.24) is 19.9 Å². The Hall–Kier alpha value is -2.70. The molecule has 0 amide bonds. The van der Waals surface area contributed by atoms with E-state index in [0.29, 0.717) is 29.3 Å². The largest absolute Gasteiger partial charge is 0.362 e. The quantitative estimate of drug-likeness (QED) is 0.629. The first kappa shape index (κ1) is 15.7. The van der Waals surface area contributed by atoms with Gasteiger partial charge in [0.15, 0.2) is 0 Å². The molecule has 116 valence electrons. The monoisotopic (exact) mass is 301 g/mol. The van der Waals surface area contributed by atoms with Crippen LogP contribution in [0.5, 0.6) is 0 Å². The molecule has 2 aromatic rings. The highest BCUT2D eigenvalue weighted by atomic mass is 16.1. The minimum absolute atomic E-state index is 0.179. The van der Waals surface area contributed by atoms with E-state index in [0.717, 1.165) is 5.56 Å². The van der Waals surface area contributed by atoms with E-state index in [-0.39, 0.29) is 11.1 Å². The van der Waals surface area contributed by atoms with E-state index in [1.807, 2.05) is 14.1 Å². The normalized spacial score (nSPS) is 11.5. The van der Waals surface area contributed by atoms with Crippen LogP contribution in [-0.4, -0.2) is 46.8 Å². The highest BCUT2D eigenvalue weighted by molar-refractivity contribution is 5.98. The van der Waals surface area contributed by atoms with Crippen LogP contribution in [0.2, 0.25) is 0 Å². The van der Waals surface area contributed by atoms with Crippen LogP contribution in [0.3, 0.4) is 0 Å². The predicted octanol–water partition coefficient (Wildman–Crippen LogP) is 0.295. The van der Waals surface area contributed by atoms with Crippen molar-refractivity contribution in [2.75, 3.05) is 21.1 Å². The number of nitrogens with zero attached hydrogens (tertiary/aromatic N) is 3. The van der Waals surface area contributed by atoms with Gasteiger partial charge in [0.2, 0.25) is 5.56 Å². The molecule has 0 atom stereocenters. The fourth-order valence-electron chi connectivity index (χ4n) is 2.32. The summed E-state index contributed by atoms with van der Waals surface area (Å²) in [5.41, 5.74) is 1.44. The van der Waals surface area contributed by atoms with E-state index in [1.54, 1.807) is 31.1 Å². The molecule has 0 aliphatic rings. The number of pyridine rings is 1. The Morgan fingerprint density at radius 1 is 1.36 bits per heavy atom. The van der Waals surface area contributed by atoms with Gasteiger partial charge in [-0.15, -0.1) is 0 Å². The fraction of sp³-hybridized carbons (Fsp3) is 0.333. The second-order valence-corrected chi connectivity index (χ2v) is 5.15. The molecule has 2 N–H and O–H groups in total. The molecule has 0 fully saturated rings. The molecule has 0 aliphatic carbocycles. The second kappa shape index (κ2) is 6.38. The first-order valence-corrected chi connectivity index (χ1v) is 6.84. The van der Waals surface area contributed by atoms with Crippen molar-refractivity contribution < 1.29 is 0 Å². The first-order valence-electron chi connectivity index (χ1n) is 6.84. The van der Waals surface area contributed by atoms with Gasteiger partial charge in [-0.3, -0.25) is 14.6 Å². The lowest BCUT2D eigenvalue weighted by Crippen LogP contribution is -2.32. The Balaban J connectivity index is 2.42. The molecule has 0 unspecified atom stereocenters. The van der Waals surface area contributed by atoms with Crippen LogP contribution in [-0.2, 0) is 6.42 Å². The van der Waals surface area contributed by atoms with E-state index in [9.17, 15) is 9.59 Å². The zero-order chi connectivity index (χ0) is 16.3. The molecular weight excluding hydrogens is 282 g/mol. The lowest BCUT2D eigenvalue weighted by Gasteiger charge is -2.16. The van der Waals surface area contributed by atoms with Crippen LogP contribution < -0.4 is 11.1 Å². The van der Waals surface area contributed by atoms with Gasteiger partial charge in [0.25, 0.3) is 5.56 Å². The van der Waals surface area contributed by atoms with Gasteiger partial charge in [0.05, 0.1) is 5.69 Å². The number of amidine groups is 1. The molecule has 2 aromatic heterocycles. The third kappa shape index (κ3) is 3.30. The summed E-state index contributed by atoms with van der Waals surface area (Å²) in [6.07, 6.45) is 1.96. The van der Waals surface area contributed by atoms with Gasteiger partial charge < -0.3 is 14.9 Å². The summed E-state index contributed by atoms with van der Waals surface area (Å²) in [6.45, 7) is 1.78. The summed E-state index contributed by atoms with van der Waals surface area (Å²) in [6, 6.07) is 3.27. The van der Waals surface area contributed by atoms with Crippen molar-refractivity contribution in [3.63, 3.8) is 0 Å². The minimum Gasteiger partial charge on any atom is -0.362 e. The summed E-state index contributed by atoms with van der Waals surface area (Å²) in [4.78, 5) is 39.3. The molecular formula is C15H19N5O2. The van der Waals surface area contributed by atoms with Gasteiger partial charge in [-0.05, 0) is 18.6 Å². The standard InChI is InChI=1S/C15H19N5O2/c1-9-13(14(16-2)20(3)4)15(22)19-11(18-9)7-10-5-6-17-12(21)8-10/h5-6,8H,7H2,1-4H3,(H,17,21)(H,18,19,22). The highest BCUT2D eigenvalue weighted by Crippen LogP contribution is 2.06. The zero-order valence-corrected chi connectivity index (χ0v) is 13.1. The van der Waals surface area contributed by atoms with Gasteiger partial charge in [0.1, 0.15) is 17.2 Å². The van der Waals surface area contributed by atoms with E-state index >= 15 is 0 Å². The van der Waals surface area contributed by atoms with Crippen LogP contribution in [0.15, 0.2) is 32.9 Å². The molecule has 0 saturated carbocycles. The SMILES string of the molecule is CN=C(c1c(C)nc(Cc2cc[nH]c(=O)c2)[nH]c1=O)N(C)C. The Labute approximate surface area is 127 Å². The number of rotatable bonds is 3. The number of hydrogen-bond donors (Lipinski definition) is 2. The Morgan fingerprint density at radius 3 is 2.64 bits per heavy atom. The summed E-state index contributed by atoms with van der Waals surface area (Å²) in [7, 11) is 5.29. The lowest BCUT2D eigenvalue weighted by atomic mass is 10.1. The summed E-state index contributed by atoms with van der Waals surface area (Å²) < 4.78 is 0. The minimum atomic E-state index is -0.235. The van der Waals surface area contributed by atoms with E-state index in [1.165, 1.54) is 6.07 Å². The Morgan fingerprint density at radius 2 is 2.09 bits per heavy atom. The predicted molar refractivity (Wildman–Crippen MR) is 85.6 cm³/mol. The lowest BCUT2D eigenvalue weighted by molar-refractivity contribution is 0.620. The van der Waals surface area contributed by atoms with Crippen LogP contribution in [0.1, 0.15) is 22.6 Å². The molecule has 7 nitrogen and oxygen atoms in total. The van der Waals surface area contributed by atoms with Crippen molar-refractivity contribution >= 4 is 5.84 Å². The van der Waals surface area contributed by atoms with Gasteiger partial charge in [-0.2, -0.15) is 0 Å². The van der Waals surface area contributed by atoms with Gasteiger partial charge in [-0.1, -0.05) is 0 Å². The van der Waals surface area contributed by atoms with Crippen molar-refractivity contribution in [2.45, 2.75) is 13.3 Å². The van der Waals surface area contributed by atoms with Crippen LogP contribution in [0.4, 0.5) is 0 Å². The van der Waals surface area contributed by atoms with Crippen LogP contribution in [0.25, 0.3) is 0 Å². The average molecular weight is 301 g/mol. The number of aliphatic imine (C=N–C) groups is 1. The average Bonchev–Trinajstić information content (AvgIpc) is 2.42. The smallest absolute Gasteiger partial charge is 0.262 e. The van der Waals surface area contributed by atoms with Crippen molar-refractivity contribution in [2.24, 2.45) is 4.99 Å². The third-order valence-corrected chi connectivity index (χ3v) is 3.22. The number of hydrogen-bond acceptors (Lipinski definition) is 4. The van der Waals surface area contributed by atoms with Gasteiger partial charge in [0, 0.05) is 39.8 Å². The third-order valence-electron chi connectivity index (χ3n) is 3.22. The number of aromatic amines is 2. The molecule has 0 saturated heterocycles. The van der Waals surface area contributed by atoms with Crippen molar-refractivity contribution in [3.8, 4) is 0 Å². The molecule has 0 bridgehead atoms. The Kier molecular flexibility index (Phi) is 4.55. The number of aryl methyl sites for hydroxylation is 1. The molecule has 0 aromatic carbocycles. The molecule has 22 heavy (non-hydrogen) atoms. The maximum atomic E-state index is 12.4. The maximum absolute atomic E-state index is 12.4. The highest BCUT2D eigenvalue weighted by Gasteiger charge is 2.15. The van der Waals surface area contributed by atoms with Crippen LogP contribution >= 0.6 is 0 Å². The Bertz CT molecular complexity index is 817. The van der Waals surface area contributed by atoms with Crippen molar-refractivity contribution in [3.05, 3.63) is 61.7 Å². The molecule has 0 radical (unpaired) electrons. The molecule has 2 heterocycles. The van der Waals surface area contributed by atoms with E-state index in [4.69, 9.17) is 0 Å². The molecule has 2 rings (SSSR count). The first-order chi connectivity index (χ1) is 10.4. The number of aromatic nitrogens is 3. The zero-order valence-electron chi connectivity index (χ0n) is 13.1. The van der Waals surface area contributed by atoms with Gasteiger partial charge in [-0.25, -0.2) is 4.98 Å². The molecule has 7 heteroatoms. The van der Waals surface area contributed by atoms with E-state index < -0.39 is 0 Å². The maximum Gasteiger partial charge on any atom is 0.262 e. The summed E-state index contributed by atoms with van der Waals surface area (Å²) in [5.74, 6) is 1.10. The van der Waals surface area contributed by atoms with E-state index in [2.05, 4.69) is 19.9 Å². The topological polar surface area (TPSA) is 94.2 Å². The molecule has 0 aliphatic heterocycles. The van der Waals surface area contributed by atoms with Crippen molar-refractivity contribution in [1.29, 1.82) is 0 Å². The molecule has 0 spiro atoms. The summed E-state index contributed by atoms with van der Waals surface area (Å²) >= 11 is 0. The van der Waals surface area contributed by atoms with Crippen LogP contribution in [0, 0.1) is 6.92 Å². The number of nitrogens with one attached hydrogen (secondary N) is 2. The fourth-order valence-corrected chi connectivity index (χ4v) is 2.32.